The summed E-state index contributed by atoms with van der Waals surface area (Å²) in [7, 11) is 3.91. The second-order valence-electron chi connectivity index (χ2n) is 5.69. The average Bonchev–Trinajstić information content (AvgIpc) is 3.26. The maximum atomic E-state index is 10.1. The van der Waals surface area contributed by atoms with Gasteiger partial charge in [0.25, 0.3) is 0 Å². The lowest BCUT2D eigenvalue weighted by molar-refractivity contribution is 0.131. The predicted octanol–water partition coefficient (Wildman–Crippen LogP) is 2.54. The second-order valence-corrected chi connectivity index (χ2v) is 5.69. The van der Waals surface area contributed by atoms with Gasteiger partial charge in [-0.1, -0.05) is 6.07 Å². The van der Waals surface area contributed by atoms with Crippen molar-refractivity contribution < 1.29 is 9.84 Å². The van der Waals surface area contributed by atoms with Crippen molar-refractivity contribution in [2.24, 2.45) is 5.92 Å². The van der Waals surface area contributed by atoms with Crippen LogP contribution in [0, 0.1) is 5.92 Å². The highest BCUT2D eigenvalue weighted by Crippen LogP contribution is 2.29. The van der Waals surface area contributed by atoms with Crippen LogP contribution in [-0.2, 0) is 4.74 Å². The minimum Gasteiger partial charge on any atom is -0.508 e. The van der Waals surface area contributed by atoms with Crippen LogP contribution in [-0.4, -0.2) is 39.0 Å². The normalized spacial score (nSPS) is 16.1. The summed E-state index contributed by atoms with van der Waals surface area (Å²) in [6.07, 6.45) is 2.66. The molecule has 0 spiro atoms. The fraction of sp³-hybridized carbons (Fsp3) is 0.625. The highest BCUT2D eigenvalue weighted by atomic mass is 16.5. The van der Waals surface area contributed by atoms with Gasteiger partial charge in [-0.3, -0.25) is 0 Å². The zero-order valence-corrected chi connectivity index (χ0v) is 12.7. The lowest BCUT2D eigenvalue weighted by atomic mass is 10.1. The molecule has 4 nitrogen and oxygen atoms in total. The van der Waals surface area contributed by atoms with Gasteiger partial charge in [-0.25, -0.2) is 0 Å². The molecule has 1 atom stereocenters. The number of benzene rings is 1. The van der Waals surface area contributed by atoms with Crippen molar-refractivity contribution in [2.75, 3.05) is 38.8 Å². The molecule has 0 amide bonds. The number of rotatable bonds is 8. The van der Waals surface area contributed by atoms with Gasteiger partial charge in [0.15, 0.2) is 0 Å². The van der Waals surface area contributed by atoms with Crippen LogP contribution in [0.2, 0.25) is 0 Å². The van der Waals surface area contributed by atoms with E-state index >= 15 is 0 Å². The summed E-state index contributed by atoms with van der Waals surface area (Å²) in [4.78, 5) is 2.11. The molecule has 112 valence electrons. The summed E-state index contributed by atoms with van der Waals surface area (Å²) in [5, 5.41) is 13.2. The summed E-state index contributed by atoms with van der Waals surface area (Å²) in [6, 6.07) is 6.00. The van der Waals surface area contributed by atoms with Gasteiger partial charge in [-0.15, -0.1) is 0 Å². The van der Waals surface area contributed by atoms with Crippen LogP contribution in [0.5, 0.6) is 5.75 Å². The third-order valence-corrected chi connectivity index (χ3v) is 3.98. The lowest BCUT2D eigenvalue weighted by Crippen LogP contribution is -2.23. The minimum absolute atomic E-state index is 0.149. The van der Waals surface area contributed by atoms with Crippen LogP contribution in [0.15, 0.2) is 18.2 Å². The molecule has 2 rings (SSSR count). The molecule has 1 aromatic rings. The van der Waals surface area contributed by atoms with E-state index in [9.17, 15) is 5.11 Å². The van der Waals surface area contributed by atoms with Gasteiger partial charge >= 0.3 is 0 Å². The van der Waals surface area contributed by atoms with E-state index in [1.807, 2.05) is 39.2 Å². The minimum atomic E-state index is 0.149. The van der Waals surface area contributed by atoms with E-state index in [4.69, 9.17) is 4.74 Å². The highest BCUT2D eigenvalue weighted by Gasteiger charge is 2.21. The molecule has 1 aliphatic carbocycles. The van der Waals surface area contributed by atoms with E-state index in [0.29, 0.717) is 5.75 Å². The first-order valence-electron chi connectivity index (χ1n) is 7.41. The van der Waals surface area contributed by atoms with E-state index in [1.54, 1.807) is 0 Å². The summed E-state index contributed by atoms with van der Waals surface area (Å²) in [5.74, 6) is 1.15. The predicted molar refractivity (Wildman–Crippen MR) is 82.4 cm³/mol. The Hall–Kier alpha value is -1.26. The highest BCUT2D eigenvalue weighted by molar-refractivity contribution is 5.53. The Morgan fingerprint density at radius 2 is 2.20 bits per heavy atom. The van der Waals surface area contributed by atoms with Crippen molar-refractivity contribution >= 4 is 5.69 Å². The Morgan fingerprint density at radius 3 is 2.80 bits per heavy atom. The standard InChI is InChI=1S/C16H26N2O2/c1-12(17-2)15-7-6-14(10-16(15)19)18(3)8-9-20-11-13-4-5-13/h6-7,10,12-13,17,19H,4-5,8-9,11H2,1-3H3. The number of ether oxygens (including phenoxy) is 1. The van der Waals surface area contributed by atoms with Crippen molar-refractivity contribution in [1.82, 2.24) is 5.32 Å². The summed E-state index contributed by atoms with van der Waals surface area (Å²) >= 11 is 0. The molecule has 1 aliphatic rings. The fourth-order valence-electron chi connectivity index (χ4n) is 2.16. The van der Waals surface area contributed by atoms with Crippen molar-refractivity contribution in [2.45, 2.75) is 25.8 Å². The molecule has 0 radical (unpaired) electrons. The van der Waals surface area contributed by atoms with E-state index in [0.717, 1.165) is 36.9 Å². The lowest BCUT2D eigenvalue weighted by Gasteiger charge is -2.21. The number of likely N-dealkylation sites (N-methyl/N-ethyl adjacent to an activating group) is 1. The Bertz CT molecular complexity index is 432. The molecule has 0 bridgehead atoms. The van der Waals surface area contributed by atoms with Gasteiger partial charge in [-0.2, -0.15) is 0 Å². The van der Waals surface area contributed by atoms with E-state index in [2.05, 4.69) is 10.2 Å². The van der Waals surface area contributed by atoms with Crippen molar-refractivity contribution in [1.29, 1.82) is 0 Å². The number of hydrogen-bond donors (Lipinski definition) is 2. The summed E-state index contributed by atoms with van der Waals surface area (Å²) < 4.78 is 5.65. The maximum Gasteiger partial charge on any atom is 0.122 e. The van der Waals surface area contributed by atoms with Gasteiger partial charge < -0.3 is 20.1 Å². The molecule has 1 aromatic carbocycles. The average molecular weight is 278 g/mol. The Morgan fingerprint density at radius 1 is 1.45 bits per heavy atom. The SMILES string of the molecule is CNC(C)c1ccc(N(C)CCOCC2CC2)cc1O. The molecule has 0 aliphatic heterocycles. The van der Waals surface area contributed by atoms with Crippen molar-refractivity contribution in [3.63, 3.8) is 0 Å². The van der Waals surface area contributed by atoms with Gasteiger partial charge in [0, 0.05) is 43.6 Å². The van der Waals surface area contributed by atoms with Gasteiger partial charge in [-0.05, 0) is 38.8 Å². The van der Waals surface area contributed by atoms with Crippen molar-refractivity contribution in [3.8, 4) is 5.75 Å². The first-order chi connectivity index (χ1) is 9.61. The Balaban J connectivity index is 1.85. The zero-order chi connectivity index (χ0) is 14.5. The summed E-state index contributed by atoms with van der Waals surface area (Å²) in [6.45, 7) is 4.51. The van der Waals surface area contributed by atoms with E-state index in [-0.39, 0.29) is 6.04 Å². The number of hydrogen-bond acceptors (Lipinski definition) is 4. The van der Waals surface area contributed by atoms with Crippen LogP contribution in [0.4, 0.5) is 5.69 Å². The Kier molecular flexibility index (Phi) is 5.26. The van der Waals surface area contributed by atoms with E-state index < -0.39 is 0 Å². The quantitative estimate of drug-likeness (QED) is 0.717. The van der Waals surface area contributed by atoms with Crippen LogP contribution in [0.1, 0.15) is 31.4 Å². The molecule has 2 N–H and O–H groups in total. The molecule has 1 unspecified atom stereocenters. The van der Waals surface area contributed by atoms with Crippen LogP contribution < -0.4 is 10.2 Å². The third-order valence-electron chi connectivity index (χ3n) is 3.98. The molecular formula is C16H26N2O2. The van der Waals surface area contributed by atoms with Crippen LogP contribution in [0.3, 0.4) is 0 Å². The summed E-state index contributed by atoms with van der Waals surface area (Å²) in [5.41, 5.74) is 1.94. The largest absolute Gasteiger partial charge is 0.508 e. The van der Waals surface area contributed by atoms with E-state index in [1.165, 1.54) is 12.8 Å². The maximum absolute atomic E-state index is 10.1. The number of phenolic OH excluding ortho intramolecular Hbond substituents is 1. The molecular weight excluding hydrogens is 252 g/mol. The van der Waals surface area contributed by atoms with Crippen LogP contribution in [0.25, 0.3) is 0 Å². The molecule has 0 aromatic heterocycles. The second kappa shape index (κ2) is 6.95. The smallest absolute Gasteiger partial charge is 0.122 e. The molecule has 20 heavy (non-hydrogen) atoms. The van der Waals surface area contributed by atoms with Crippen molar-refractivity contribution in [3.05, 3.63) is 23.8 Å². The zero-order valence-electron chi connectivity index (χ0n) is 12.7. The molecule has 0 saturated heterocycles. The first-order valence-corrected chi connectivity index (χ1v) is 7.41. The fourth-order valence-corrected chi connectivity index (χ4v) is 2.16. The topological polar surface area (TPSA) is 44.7 Å². The number of aromatic hydroxyl groups is 1. The first kappa shape index (κ1) is 15.1. The number of nitrogens with zero attached hydrogens (tertiary/aromatic N) is 1. The molecule has 1 saturated carbocycles. The number of nitrogens with one attached hydrogen (secondary N) is 1. The van der Waals surface area contributed by atoms with Crippen LogP contribution >= 0.6 is 0 Å². The molecule has 4 heteroatoms. The molecule has 1 fully saturated rings. The number of phenols is 1. The number of anilines is 1. The van der Waals surface area contributed by atoms with Gasteiger partial charge in [0.2, 0.25) is 0 Å². The monoisotopic (exact) mass is 278 g/mol. The third kappa shape index (κ3) is 4.12. The van der Waals surface area contributed by atoms with Gasteiger partial charge in [0.1, 0.15) is 5.75 Å². The van der Waals surface area contributed by atoms with Gasteiger partial charge in [0.05, 0.1) is 6.61 Å². The Labute approximate surface area is 121 Å². The molecule has 0 heterocycles.